The van der Waals surface area contributed by atoms with Crippen molar-refractivity contribution in [2.24, 2.45) is 5.92 Å². The van der Waals surface area contributed by atoms with E-state index < -0.39 is 23.1 Å². The Kier molecular flexibility index (Phi) is 8.24. The number of ether oxygens (including phenoxy) is 1. The fourth-order valence-corrected chi connectivity index (χ4v) is 4.71. The summed E-state index contributed by atoms with van der Waals surface area (Å²) in [6, 6.07) is 14.8. The van der Waals surface area contributed by atoms with E-state index in [2.05, 4.69) is 18.9 Å². The largest absolute Gasteiger partial charge is 0.466 e. The van der Waals surface area contributed by atoms with Crippen molar-refractivity contribution in [1.82, 2.24) is 19.2 Å². The van der Waals surface area contributed by atoms with Gasteiger partial charge in [0, 0.05) is 13.1 Å². The highest BCUT2D eigenvalue weighted by molar-refractivity contribution is 5.92. The average molecular weight is 519 g/mol. The first-order chi connectivity index (χ1) is 18.2. The van der Waals surface area contributed by atoms with Gasteiger partial charge in [-0.3, -0.25) is 19.0 Å². The summed E-state index contributed by atoms with van der Waals surface area (Å²) in [6.07, 6.45) is 1.21. The Morgan fingerprint density at radius 3 is 2.50 bits per heavy atom. The van der Waals surface area contributed by atoms with Crippen molar-refractivity contribution in [3.8, 4) is 5.69 Å². The SMILES string of the molecule is CCOC(=O)[C@@H]1CCCN(C(=O)c2nn(-c3ccc(C(C)C)cc3)c(=O)n(Cc3cccc(C)c3)c2=O)C1. The van der Waals surface area contributed by atoms with Gasteiger partial charge in [0.25, 0.3) is 11.5 Å². The minimum Gasteiger partial charge on any atom is -0.466 e. The number of piperidine rings is 1. The molecule has 2 heterocycles. The van der Waals surface area contributed by atoms with Gasteiger partial charge in [0.2, 0.25) is 5.69 Å². The smallest absolute Gasteiger partial charge is 0.352 e. The van der Waals surface area contributed by atoms with Crippen molar-refractivity contribution in [3.63, 3.8) is 0 Å². The molecule has 0 radical (unpaired) electrons. The molecule has 1 atom stereocenters. The summed E-state index contributed by atoms with van der Waals surface area (Å²) in [5.74, 6) is -1.12. The van der Waals surface area contributed by atoms with Crippen LogP contribution in [0.25, 0.3) is 5.69 Å². The monoisotopic (exact) mass is 518 g/mol. The van der Waals surface area contributed by atoms with Crippen LogP contribution in [0, 0.1) is 12.8 Å². The second-order valence-corrected chi connectivity index (χ2v) is 10.0. The van der Waals surface area contributed by atoms with Crippen LogP contribution in [0.4, 0.5) is 0 Å². The lowest BCUT2D eigenvalue weighted by Gasteiger charge is -2.31. The highest BCUT2D eigenvalue weighted by Crippen LogP contribution is 2.20. The van der Waals surface area contributed by atoms with Gasteiger partial charge in [-0.25, -0.2) is 4.79 Å². The van der Waals surface area contributed by atoms with Crippen LogP contribution in [-0.2, 0) is 16.1 Å². The maximum absolute atomic E-state index is 13.6. The quantitative estimate of drug-likeness (QED) is 0.445. The van der Waals surface area contributed by atoms with E-state index in [9.17, 15) is 19.2 Å². The van der Waals surface area contributed by atoms with Crippen molar-refractivity contribution in [1.29, 1.82) is 0 Å². The molecule has 9 heteroatoms. The van der Waals surface area contributed by atoms with Crippen LogP contribution >= 0.6 is 0 Å². The molecular weight excluding hydrogens is 484 g/mol. The molecule has 1 saturated heterocycles. The number of amides is 1. The molecule has 38 heavy (non-hydrogen) atoms. The standard InChI is InChI=1S/C29H34N4O5/c1-5-38-28(36)23-10-7-15-31(18-23)26(34)25-27(35)32(17-21-9-6-8-20(4)16-21)29(37)33(30-25)24-13-11-22(12-14-24)19(2)3/h6,8-9,11-14,16,19,23H,5,7,10,15,17-18H2,1-4H3/t23-/m1/s1. The van der Waals surface area contributed by atoms with Gasteiger partial charge in [-0.05, 0) is 55.9 Å². The maximum atomic E-state index is 13.6. The van der Waals surface area contributed by atoms with E-state index in [-0.39, 0.29) is 31.4 Å². The Morgan fingerprint density at radius 1 is 1.11 bits per heavy atom. The number of aromatic nitrogens is 3. The molecule has 9 nitrogen and oxygen atoms in total. The predicted octanol–water partition coefficient (Wildman–Crippen LogP) is 3.29. The van der Waals surface area contributed by atoms with E-state index in [1.54, 1.807) is 19.1 Å². The zero-order valence-corrected chi connectivity index (χ0v) is 22.3. The summed E-state index contributed by atoms with van der Waals surface area (Å²) < 4.78 is 7.32. The topological polar surface area (TPSA) is 104 Å². The Hall–Kier alpha value is -4.01. The van der Waals surface area contributed by atoms with Crippen LogP contribution in [-0.4, -0.2) is 50.8 Å². The fraction of sp³-hybridized carbons (Fsp3) is 0.414. The van der Waals surface area contributed by atoms with Crippen molar-refractivity contribution in [2.75, 3.05) is 19.7 Å². The minimum absolute atomic E-state index is 0.00231. The van der Waals surface area contributed by atoms with E-state index in [1.165, 1.54) is 4.90 Å². The first-order valence-corrected chi connectivity index (χ1v) is 13.1. The second kappa shape index (κ2) is 11.6. The molecule has 0 unspecified atom stereocenters. The summed E-state index contributed by atoms with van der Waals surface area (Å²) in [5, 5.41) is 4.28. The number of aryl methyl sites for hydroxylation is 1. The number of esters is 1. The predicted molar refractivity (Wildman–Crippen MR) is 144 cm³/mol. The molecule has 0 bridgehead atoms. The number of hydrogen-bond donors (Lipinski definition) is 0. The third-order valence-corrected chi connectivity index (χ3v) is 6.82. The molecule has 0 spiro atoms. The number of rotatable bonds is 7. The van der Waals surface area contributed by atoms with Gasteiger partial charge in [0.1, 0.15) is 0 Å². The highest BCUT2D eigenvalue weighted by atomic mass is 16.5. The summed E-state index contributed by atoms with van der Waals surface area (Å²) in [6.45, 7) is 8.59. The van der Waals surface area contributed by atoms with E-state index in [0.717, 1.165) is 25.9 Å². The van der Waals surface area contributed by atoms with Crippen LogP contribution < -0.4 is 11.2 Å². The number of benzene rings is 2. The van der Waals surface area contributed by atoms with E-state index in [4.69, 9.17) is 4.74 Å². The Morgan fingerprint density at radius 2 is 1.84 bits per heavy atom. The van der Waals surface area contributed by atoms with Crippen molar-refractivity contribution in [2.45, 2.75) is 53.0 Å². The number of likely N-dealkylation sites (tertiary alicyclic amines) is 1. The Labute approximate surface area is 221 Å². The normalized spacial score (nSPS) is 15.5. The van der Waals surface area contributed by atoms with Crippen molar-refractivity contribution in [3.05, 3.63) is 91.8 Å². The molecule has 200 valence electrons. The molecule has 1 aliphatic rings. The van der Waals surface area contributed by atoms with Crippen molar-refractivity contribution < 1.29 is 14.3 Å². The maximum Gasteiger partial charge on any atom is 0.352 e. The van der Waals surface area contributed by atoms with Crippen LogP contribution in [0.15, 0.2) is 58.1 Å². The molecule has 1 aromatic heterocycles. The van der Waals surface area contributed by atoms with Gasteiger partial charge in [0.05, 0.1) is 24.8 Å². The third kappa shape index (κ3) is 5.77. The molecule has 1 aliphatic heterocycles. The number of nitrogens with zero attached hydrogens (tertiary/aromatic N) is 4. The van der Waals surface area contributed by atoms with Gasteiger partial charge in [-0.1, -0.05) is 55.8 Å². The Bertz CT molecular complexity index is 1440. The molecule has 3 aromatic rings. The van der Waals surface area contributed by atoms with Crippen LogP contribution in [0.3, 0.4) is 0 Å². The minimum atomic E-state index is -0.755. The summed E-state index contributed by atoms with van der Waals surface area (Å²) in [5.41, 5.74) is 1.55. The number of carbonyl (C=O) groups is 2. The second-order valence-electron chi connectivity index (χ2n) is 10.0. The summed E-state index contributed by atoms with van der Waals surface area (Å²) >= 11 is 0. The van der Waals surface area contributed by atoms with Crippen molar-refractivity contribution >= 4 is 11.9 Å². The van der Waals surface area contributed by atoms with Gasteiger partial charge in [-0.15, -0.1) is 0 Å². The molecule has 1 amide bonds. The molecule has 0 aliphatic carbocycles. The molecule has 0 N–H and O–H groups in total. The first-order valence-electron chi connectivity index (χ1n) is 13.1. The van der Waals surface area contributed by atoms with Gasteiger partial charge in [0.15, 0.2) is 0 Å². The van der Waals surface area contributed by atoms with Gasteiger partial charge >= 0.3 is 11.7 Å². The summed E-state index contributed by atoms with van der Waals surface area (Å²) in [7, 11) is 0. The highest BCUT2D eigenvalue weighted by Gasteiger charge is 2.32. The van der Waals surface area contributed by atoms with E-state index >= 15 is 0 Å². The average Bonchev–Trinajstić information content (AvgIpc) is 2.91. The fourth-order valence-electron chi connectivity index (χ4n) is 4.71. The van der Waals surface area contributed by atoms with Crippen LogP contribution in [0.1, 0.15) is 66.7 Å². The van der Waals surface area contributed by atoms with E-state index in [0.29, 0.717) is 31.0 Å². The lowest BCUT2D eigenvalue weighted by Crippen LogP contribution is -2.49. The molecule has 2 aromatic carbocycles. The lowest BCUT2D eigenvalue weighted by atomic mass is 9.98. The lowest BCUT2D eigenvalue weighted by molar-refractivity contribution is -0.149. The Balaban J connectivity index is 1.79. The summed E-state index contributed by atoms with van der Waals surface area (Å²) in [4.78, 5) is 54.5. The zero-order valence-electron chi connectivity index (χ0n) is 22.3. The molecule has 1 fully saturated rings. The third-order valence-electron chi connectivity index (χ3n) is 6.82. The number of hydrogen-bond acceptors (Lipinski definition) is 6. The van der Waals surface area contributed by atoms with E-state index in [1.807, 2.05) is 43.3 Å². The first kappa shape index (κ1) is 27.0. The molecular formula is C29H34N4O5. The molecule has 0 saturated carbocycles. The molecule has 4 rings (SSSR count). The number of carbonyl (C=O) groups excluding carboxylic acids is 2. The van der Waals surface area contributed by atoms with Gasteiger partial charge in [-0.2, -0.15) is 9.78 Å². The van der Waals surface area contributed by atoms with Gasteiger partial charge < -0.3 is 9.64 Å². The van der Waals surface area contributed by atoms with Crippen LogP contribution in [0.2, 0.25) is 0 Å². The van der Waals surface area contributed by atoms with Crippen LogP contribution in [0.5, 0.6) is 0 Å². The zero-order chi connectivity index (χ0) is 27.4.